The van der Waals surface area contributed by atoms with E-state index in [1.165, 1.54) is 0 Å². The maximum Gasteiger partial charge on any atom is 0.112 e. The average molecular weight is 217 g/mol. The quantitative estimate of drug-likeness (QED) is 0.855. The zero-order valence-electron chi connectivity index (χ0n) is 9.46. The summed E-state index contributed by atoms with van der Waals surface area (Å²) in [4.78, 5) is 0. The summed E-state index contributed by atoms with van der Waals surface area (Å²) in [5, 5.41) is 17.6. The molecular weight excluding hydrogens is 202 g/mol. The van der Waals surface area contributed by atoms with Gasteiger partial charge in [0, 0.05) is 0 Å². The van der Waals surface area contributed by atoms with Crippen LogP contribution in [-0.4, -0.2) is 20.1 Å². The van der Waals surface area contributed by atoms with E-state index in [4.69, 9.17) is 0 Å². The third kappa shape index (κ3) is 1.97. The summed E-state index contributed by atoms with van der Waals surface area (Å²) in [6, 6.07) is 7.94. The van der Waals surface area contributed by atoms with Gasteiger partial charge in [-0.1, -0.05) is 30.3 Å². The minimum atomic E-state index is -0.530. The number of nitrogens with zero attached hydrogens (tertiary/aromatic N) is 3. The van der Waals surface area contributed by atoms with Crippen LogP contribution in [0.4, 0.5) is 0 Å². The Hall–Kier alpha value is -1.68. The molecule has 2 aromatic rings. The molecule has 0 radical (unpaired) electrons. The third-order valence-corrected chi connectivity index (χ3v) is 2.60. The number of aliphatic hydroxyl groups is 1. The topological polar surface area (TPSA) is 50.9 Å². The minimum absolute atomic E-state index is 0.530. The number of rotatable bonds is 3. The Morgan fingerprint density at radius 3 is 2.81 bits per heavy atom. The Bertz CT molecular complexity index is 479. The van der Waals surface area contributed by atoms with Gasteiger partial charge in [-0.25, -0.2) is 4.68 Å². The van der Waals surface area contributed by atoms with E-state index >= 15 is 0 Å². The normalized spacial score (nSPS) is 12.7. The first-order chi connectivity index (χ1) is 7.72. The largest absolute Gasteiger partial charge is 0.387 e. The Morgan fingerprint density at radius 1 is 1.38 bits per heavy atom. The second-order valence-electron chi connectivity index (χ2n) is 3.80. The van der Waals surface area contributed by atoms with Crippen LogP contribution in [0.5, 0.6) is 0 Å². The number of benzene rings is 1. The fourth-order valence-corrected chi connectivity index (χ4v) is 1.58. The van der Waals surface area contributed by atoms with Gasteiger partial charge in [0.15, 0.2) is 0 Å². The Balaban J connectivity index is 2.35. The maximum absolute atomic E-state index is 9.64. The second kappa shape index (κ2) is 4.45. The first-order valence-electron chi connectivity index (χ1n) is 5.38. The monoisotopic (exact) mass is 217 g/mol. The van der Waals surface area contributed by atoms with E-state index in [1.54, 1.807) is 10.9 Å². The van der Waals surface area contributed by atoms with Gasteiger partial charge in [-0.3, -0.25) is 0 Å². The molecule has 2 rings (SSSR count). The molecule has 0 fully saturated rings. The van der Waals surface area contributed by atoms with E-state index in [-0.39, 0.29) is 0 Å². The van der Waals surface area contributed by atoms with Gasteiger partial charge in [-0.2, -0.15) is 0 Å². The standard InChI is InChI=1S/C12H15N3O/c1-3-12(16)10-8-15(14-13-10)11-7-5-4-6-9(11)2/h4-8,12,16H,3H2,1-2H3. The van der Waals surface area contributed by atoms with Crippen LogP contribution >= 0.6 is 0 Å². The second-order valence-corrected chi connectivity index (χ2v) is 3.80. The van der Waals surface area contributed by atoms with Gasteiger partial charge < -0.3 is 5.11 Å². The average Bonchev–Trinajstić information content (AvgIpc) is 2.78. The number of aromatic nitrogens is 3. The Morgan fingerprint density at radius 2 is 2.12 bits per heavy atom. The lowest BCUT2D eigenvalue weighted by molar-refractivity contribution is 0.169. The molecule has 0 saturated carbocycles. The van der Waals surface area contributed by atoms with Crippen LogP contribution in [0.1, 0.15) is 30.7 Å². The molecule has 0 aliphatic carbocycles. The molecule has 1 heterocycles. The van der Waals surface area contributed by atoms with Crippen molar-refractivity contribution in [3.8, 4) is 5.69 Å². The lowest BCUT2D eigenvalue weighted by Crippen LogP contribution is -1.97. The van der Waals surface area contributed by atoms with Gasteiger partial charge in [0.2, 0.25) is 0 Å². The van der Waals surface area contributed by atoms with Crippen LogP contribution < -0.4 is 0 Å². The van der Waals surface area contributed by atoms with Gasteiger partial charge in [0.25, 0.3) is 0 Å². The molecular formula is C12H15N3O. The molecule has 0 bridgehead atoms. The molecule has 16 heavy (non-hydrogen) atoms. The number of hydrogen-bond acceptors (Lipinski definition) is 3. The molecule has 0 amide bonds. The van der Waals surface area contributed by atoms with Crippen LogP contribution in [0.25, 0.3) is 5.69 Å². The lowest BCUT2D eigenvalue weighted by Gasteiger charge is -2.03. The summed E-state index contributed by atoms with van der Waals surface area (Å²) < 4.78 is 1.70. The van der Waals surface area contributed by atoms with Crippen molar-refractivity contribution in [3.05, 3.63) is 41.7 Å². The number of aryl methyl sites for hydroxylation is 1. The summed E-state index contributed by atoms with van der Waals surface area (Å²) in [7, 11) is 0. The first-order valence-corrected chi connectivity index (χ1v) is 5.38. The molecule has 0 aliphatic rings. The highest BCUT2D eigenvalue weighted by atomic mass is 16.3. The van der Waals surface area contributed by atoms with Crippen LogP contribution in [0, 0.1) is 6.92 Å². The van der Waals surface area contributed by atoms with Crippen molar-refractivity contribution < 1.29 is 5.11 Å². The molecule has 1 aromatic heterocycles. The Kier molecular flexibility index (Phi) is 3.01. The smallest absolute Gasteiger partial charge is 0.112 e. The van der Waals surface area contributed by atoms with E-state index in [1.807, 2.05) is 38.1 Å². The predicted octanol–water partition coefficient (Wildman–Crippen LogP) is 2.02. The first kappa shape index (κ1) is 10.8. The predicted molar refractivity (Wildman–Crippen MR) is 61.3 cm³/mol. The highest BCUT2D eigenvalue weighted by Crippen LogP contribution is 2.16. The van der Waals surface area contributed by atoms with Crippen LogP contribution in [0.2, 0.25) is 0 Å². The van der Waals surface area contributed by atoms with E-state index < -0.39 is 6.10 Å². The molecule has 0 saturated heterocycles. The van der Waals surface area contributed by atoms with Crippen molar-refractivity contribution in [3.63, 3.8) is 0 Å². The van der Waals surface area contributed by atoms with E-state index in [9.17, 15) is 5.11 Å². The number of aliphatic hydroxyl groups excluding tert-OH is 1. The molecule has 1 atom stereocenters. The van der Waals surface area contributed by atoms with Gasteiger partial charge in [-0.05, 0) is 25.0 Å². The Labute approximate surface area is 94.5 Å². The van der Waals surface area contributed by atoms with E-state index in [0.717, 1.165) is 11.3 Å². The van der Waals surface area contributed by atoms with Crippen molar-refractivity contribution in [2.75, 3.05) is 0 Å². The summed E-state index contributed by atoms with van der Waals surface area (Å²) in [5.74, 6) is 0. The highest BCUT2D eigenvalue weighted by molar-refractivity contribution is 5.39. The van der Waals surface area contributed by atoms with Gasteiger partial charge in [-0.15, -0.1) is 5.10 Å². The SMILES string of the molecule is CCC(O)c1cn(-c2ccccc2C)nn1. The molecule has 4 nitrogen and oxygen atoms in total. The summed E-state index contributed by atoms with van der Waals surface area (Å²) in [6.07, 6.45) is 1.89. The lowest BCUT2D eigenvalue weighted by atomic mass is 10.2. The van der Waals surface area contributed by atoms with Crippen molar-refractivity contribution in [2.24, 2.45) is 0 Å². The maximum atomic E-state index is 9.64. The number of hydrogen-bond donors (Lipinski definition) is 1. The summed E-state index contributed by atoms with van der Waals surface area (Å²) in [6.45, 7) is 3.93. The molecule has 1 unspecified atom stereocenters. The van der Waals surface area contributed by atoms with Crippen LogP contribution in [0.15, 0.2) is 30.5 Å². The third-order valence-electron chi connectivity index (χ3n) is 2.60. The zero-order chi connectivity index (χ0) is 11.5. The van der Waals surface area contributed by atoms with Crippen LogP contribution in [0.3, 0.4) is 0 Å². The van der Waals surface area contributed by atoms with Gasteiger partial charge >= 0.3 is 0 Å². The van der Waals surface area contributed by atoms with E-state index in [0.29, 0.717) is 12.1 Å². The fourth-order valence-electron chi connectivity index (χ4n) is 1.58. The molecule has 4 heteroatoms. The van der Waals surface area contributed by atoms with Crippen molar-refractivity contribution in [1.29, 1.82) is 0 Å². The molecule has 0 aliphatic heterocycles. The summed E-state index contributed by atoms with van der Waals surface area (Å²) >= 11 is 0. The molecule has 1 aromatic carbocycles. The minimum Gasteiger partial charge on any atom is -0.387 e. The van der Waals surface area contributed by atoms with Gasteiger partial charge in [0.05, 0.1) is 18.0 Å². The highest BCUT2D eigenvalue weighted by Gasteiger charge is 2.10. The van der Waals surface area contributed by atoms with Crippen molar-refractivity contribution >= 4 is 0 Å². The molecule has 0 spiro atoms. The number of para-hydroxylation sites is 1. The fraction of sp³-hybridized carbons (Fsp3) is 0.333. The van der Waals surface area contributed by atoms with Crippen LogP contribution in [-0.2, 0) is 0 Å². The van der Waals surface area contributed by atoms with Gasteiger partial charge in [0.1, 0.15) is 5.69 Å². The zero-order valence-corrected chi connectivity index (χ0v) is 9.46. The van der Waals surface area contributed by atoms with Crippen molar-refractivity contribution in [1.82, 2.24) is 15.0 Å². The molecule has 84 valence electrons. The molecule has 1 N–H and O–H groups in total. The summed E-state index contributed by atoms with van der Waals surface area (Å²) in [5.41, 5.74) is 2.74. The van der Waals surface area contributed by atoms with Crippen molar-refractivity contribution in [2.45, 2.75) is 26.4 Å². The van der Waals surface area contributed by atoms with E-state index in [2.05, 4.69) is 10.3 Å².